The van der Waals surface area contributed by atoms with Gasteiger partial charge in [-0.2, -0.15) is 0 Å². The molecule has 7 amide bonds. The number of imide groups is 1. The zero-order chi connectivity index (χ0) is 40.9. The number of alkyl carbamates (subject to hydrolysis) is 1. The Labute approximate surface area is 333 Å². The monoisotopic (exact) mass is 780 g/mol. The van der Waals surface area contributed by atoms with E-state index in [1.54, 1.807) is 54.7 Å². The van der Waals surface area contributed by atoms with Crippen LogP contribution in [0.15, 0.2) is 48.5 Å². The number of rotatable bonds is 9. The molecule has 14 nitrogen and oxygen atoms in total. The van der Waals surface area contributed by atoms with E-state index in [-0.39, 0.29) is 55.6 Å². The molecule has 0 aliphatic carbocycles. The fourth-order valence-electron chi connectivity index (χ4n) is 8.09. The van der Waals surface area contributed by atoms with E-state index in [9.17, 15) is 33.6 Å². The predicted octanol–water partition coefficient (Wildman–Crippen LogP) is 3.90. The summed E-state index contributed by atoms with van der Waals surface area (Å²) >= 11 is 0. The van der Waals surface area contributed by atoms with Gasteiger partial charge in [-0.25, -0.2) is 4.79 Å². The smallest absolute Gasteiger partial charge is 0.408 e. The maximum atomic E-state index is 14.3. The van der Waals surface area contributed by atoms with Crippen LogP contribution in [-0.4, -0.2) is 106 Å². The van der Waals surface area contributed by atoms with Crippen molar-refractivity contribution in [2.45, 2.75) is 121 Å². The van der Waals surface area contributed by atoms with Crippen molar-refractivity contribution in [2.75, 3.05) is 25.0 Å². The minimum absolute atomic E-state index is 0.0358. The minimum atomic E-state index is -1.09. The lowest BCUT2D eigenvalue weighted by Crippen LogP contribution is -2.61. The molecule has 3 saturated heterocycles. The van der Waals surface area contributed by atoms with Crippen molar-refractivity contribution in [3.05, 3.63) is 65.2 Å². The van der Waals surface area contributed by atoms with Crippen LogP contribution in [0.1, 0.15) is 106 Å². The molecule has 2 aromatic carbocycles. The summed E-state index contributed by atoms with van der Waals surface area (Å²) in [5.74, 6) is 4.64. The number of carbonyl (C=O) groups is 7. The molecule has 0 spiro atoms. The van der Waals surface area contributed by atoms with E-state index in [4.69, 9.17) is 4.74 Å². The molecule has 2 N–H and O–H groups in total. The Morgan fingerprint density at radius 1 is 0.947 bits per heavy atom. The van der Waals surface area contributed by atoms with Crippen molar-refractivity contribution in [3.63, 3.8) is 0 Å². The van der Waals surface area contributed by atoms with Crippen LogP contribution in [0.2, 0.25) is 0 Å². The first-order valence-corrected chi connectivity index (χ1v) is 19.9. The van der Waals surface area contributed by atoms with Gasteiger partial charge in [0.2, 0.25) is 29.5 Å². The predicted molar refractivity (Wildman–Crippen MR) is 210 cm³/mol. The summed E-state index contributed by atoms with van der Waals surface area (Å²) in [5, 5.41) is 5.04. The quantitative estimate of drug-likeness (QED) is 0.220. The largest absolute Gasteiger partial charge is 0.444 e. The molecule has 4 aliphatic heterocycles. The van der Waals surface area contributed by atoms with Gasteiger partial charge in [0.25, 0.3) is 5.91 Å². The first-order valence-electron chi connectivity index (χ1n) is 19.9. The number of piperidine rings is 1. The number of likely N-dealkylation sites (N-methyl/N-ethyl adjacent to an activating group) is 1. The standard InChI is InChI=1S/C43H52N6O8/c1-43(2,3)57-42(56)44-33-27-47(25-24-30-20-21-35(49(30)40(33)54)41(55)46(4)29-16-10-8-11-17-29)37(51)19-12-7-5-6-9-14-28-15-13-18-31-32(28)26-48(39(31)53)34-22-23-36(50)45-38(34)52/h8,10-11,13,15-18,30,33-35H,5-7,12,19-27H2,1-4H3,(H,44,56)(H,45,50,52)/t30-,33+,34?,35+/m1/s1. The van der Waals surface area contributed by atoms with Gasteiger partial charge < -0.3 is 29.7 Å². The van der Waals surface area contributed by atoms with Gasteiger partial charge in [0.05, 0.1) is 6.54 Å². The fourth-order valence-corrected chi connectivity index (χ4v) is 8.09. The summed E-state index contributed by atoms with van der Waals surface area (Å²) in [7, 11) is 1.70. The number of benzene rings is 2. The van der Waals surface area contributed by atoms with Gasteiger partial charge in [-0.05, 0) is 89.1 Å². The molecule has 4 aliphatic rings. The Kier molecular flexibility index (Phi) is 12.6. The third-order valence-electron chi connectivity index (χ3n) is 11.0. The minimum Gasteiger partial charge on any atom is -0.444 e. The molecule has 1 unspecified atom stereocenters. The van der Waals surface area contributed by atoms with Crippen LogP contribution in [0.5, 0.6) is 0 Å². The van der Waals surface area contributed by atoms with Crippen LogP contribution in [0.25, 0.3) is 0 Å². The Morgan fingerprint density at radius 2 is 1.72 bits per heavy atom. The van der Waals surface area contributed by atoms with Crippen LogP contribution >= 0.6 is 0 Å². The van der Waals surface area contributed by atoms with Crippen molar-refractivity contribution in [1.82, 2.24) is 25.3 Å². The summed E-state index contributed by atoms with van der Waals surface area (Å²) in [6.45, 7) is 5.79. The maximum Gasteiger partial charge on any atom is 0.408 e. The molecule has 57 heavy (non-hydrogen) atoms. The van der Waals surface area contributed by atoms with Gasteiger partial charge in [0.15, 0.2) is 0 Å². The highest BCUT2D eigenvalue weighted by Crippen LogP contribution is 2.32. The molecule has 302 valence electrons. The molecule has 0 bridgehead atoms. The highest BCUT2D eigenvalue weighted by Gasteiger charge is 2.46. The first-order chi connectivity index (χ1) is 27.2. The third-order valence-corrected chi connectivity index (χ3v) is 11.0. The number of anilines is 1. The van der Waals surface area contributed by atoms with Crippen LogP contribution in [0.4, 0.5) is 10.5 Å². The summed E-state index contributed by atoms with van der Waals surface area (Å²) in [5.41, 5.74) is 1.94. The van der Waals surface area contributed by atoms with Crippen molar-refractivity contribution in [3.8, 4) is 11.8 Å². The average molecular weight is 781 g/mol. The van der Waals surface area contributed by atoms with E-state index >= 15 is 0 Å². The topological polar surface area (TPSA) is 166 Å². The van der Waals surface area contributed by atoms with Crippen LogP contribution in [-0.2, 0) is 35.3 Å². The summed E-state index contributed by atoms with van der Waals surface area (Å²) in [6.07, 6.45) is 4.28. The second-order valence-electron chi connectivity index (χ2n) is 16.1. The molecule has 4 heterocycles. The number of fused-ring (bicyclic) bond motifs is 2. The number of unbranched alkanes of at least 4 members (excludes halogenated alkanes) is 3. The van der Waals surface area contributed by atoms with Gasteiger partial charge in [-0.15, -0.1) is 0 Å². The first kappa shape index (κ1) is 40.9. The number of carbonyl (C=O) groups excluding carboxylic acids is 7. The number of amides is 7. The normalized spacial score (nSPS) is 22.1. The zero-order valence-corrected chi connectivity index (χ0v) is 33.2. The van der Waals surface area contributed by atoms with Crippen molar-refractivity contribution in [1.29, 1.82) is 0 Å². The molecule has 2 aromatic rings. The number of nitrogens with one attached hydrogen (secondary N) is 2. The van der Waals surface area contributed by atoms with Crippen LogP contribution in [0, 0.1) is 11.8 Å². The molecule has 6 rings (SSSR count). The summed E-state index contributed by atoms with van der Waals surface area (Å²) in [4.78, 5) is 98.2. The highest BCUT2D eigenvalue weighted by atomic mass is 16.6. The van der Waals surface area contributed by atoms with Crippen LogP contribution in [0.3, 0.4) is 0 Å². The van der Waals surface area contributed by atoms with Gasteiger partial charge in [-0.3, -0.25) is 34.1 Å². The Balaban J connectivity index is 1.04. The lowest BCUT2D eigenvalue weighted by atomic mass is 10.0. The Morgan fingerprint density at radius 3 is 2.46 bits per heavy atom. The number of hydrogen-bond acceptors (Lipinski definition) is 8. The van der Waals surface area contributed by atoms with Crippen LogP contribution < -0.4 is 15.5 Å². The Bertz CT molecular complexity index is 1970. The van der Waals surface area contributed by atoms with Crippen molar-refractivity contribution in [2.24, 2.45) is 0 Å². The lowest BCUT2D eigenvalue weighted by Gasteiger charge is -2.39. The van der Waals surface area contributed by atoms with E-state index in [1.165, 1.54) is 4.90 Å². The number of nitrogens with zero attached hydrogens (tertiary/aromatic N) is 4. The van der Waals surface area contributed by atoms with Gasteiger partial charge in [0, 0.05) is 62.3 Å². The number of para-hydroxylation sites is 1. The van der Waals surface area contributed by atoms with Gasteiger partial charge in [0.1, 0.15) is 23.7 Å². The average Bonchev–Trinajstić information content (AvgIpc) is 3.74. The molecule has 0 radical (unpaired) electrons. The number of ether oxygens (including phenoxy) is 1. The summed E-state index contributed by atoms with van der Waals surface area (Å²) < 4.78 is 5.49. The Hall–Kier alpha value is -5.71. The second-order valence-corrected chi connectivity index (χ2v) is 16.1. The second kappa shape index (κ2) is 17.6. The van der Waals surface area contributed by atoms with Crippen molar-refractivity contribution >= 4 is 47.2 Å². The molecule has 3 fully saturated rings. The van der Waals surface area contributed by atoms with Gasteiger partial charge >= 0.3 is 6.09 Å². The van der Waals surface area contributed by atoms with E-state index in [1.807, 2.05) is 36.4 Å². The molecule has 4 atom stereocenters. The summed E-state index contributed by atoms with van der Waals surface area (Å²) in [6, 6.07) is 11.9. The highest BCUT2D eigenvalue weighted by molar-refractivity contribution is 6.05. The lowest BCUT2D eigenvalue weighted by molar-refractivity contribution is -0.144. The molecule has 14 heteroatoms. The maximum absolute atomic E-state index is 14.3. The molecular weight excluding hydrogens is 729 g/mol. The number of hydrogen-bond donors (Lipinski definition) is 2. The zero-order valence-electron chi connectivity index (χ0n) is 33.2. The van der Waals surface area contributed by atoms with E-state index in [0.717, 1.165) is 29.7 Å². The van der Waals surface area contributed by atoms with E-state index in [2.05, 4.69) is 22.5 Å². The molecule has 0 aromatic heterocycles. The van der Waals surface area contributed by atoms with E-state index < -0.39 is 41.6 Å². The SMILES string of the molecule is CN(C(=O)[C@@H]1CC[C@@H]2CCN(C(=O)CCCCCC#Cc3cccc4c3CN(C3CCC(=O)NC3=O)C4=O)C[C@H](NC(=O)OC(C)(C)C)C(=O)N21)c1ccccc1. The fraction of sp³-hybridized carbons (Fsp3) is 0.512. The van der Waals surface area contributed by atoms with Crippen molar-refractivity contribution < 1.29 is 38.3 Å². The molecular formula is C43H52N6O8. The third kappa shape index (κ3) is 9.64. The van der Waals surface area contributed by atoms with Gasteiger partial charge in [-0.1, -0.05) is 42.5 Å². The van der Waals surface area contributed by atoms with E-state index in [0.29, 0.717) is 50.6 Å². The molecule has 0 saturated carbocycles.